The highest BCUT2D eigenvalue weighted by Crippen LogP contribution is 2.44. The summed E-state index contributed by atoms with van der Waals surface area (Å²) in [6.07, 6.45) is -6.61. The van der Waals surface area contributed by atoms with Crippen LogP contribution in [0.3, 0.4) is 0 Å². The van der Waals surface area contributed by atoms with Gasteiger partial charge in [-0.15, -0.1) is 0 Å². The zero-order valence-corrected chi connectivity index (χ0v) is 23.0. The van der Waals surface area contributed by atoms with Crippen molar-refractivity contribution in [2.75, 3.05) is 6.56 Å². The van der Waals surface area contributed by atoms with Crippen LogP contribution in [0.1, 0.15) is 57.4 Å². The summed E-state index contributed by atoms with van der Waals surface area (Å²) in [5.74, 6) is -1.77. The molecule has 0 aromatic carbocycles. The zero-order valence-electron chi connectivity index (χ0n) is 24.1. The molecule has 14 nitrogen and oxygen atoms in total. The second kappa shape index (κ2) is 12.6. The number of carbonyl (C=O) groups excluding carboxylic acids is 2. The van der Waals surface area contributed by atoms with Crippen LogP contribution >= 0.6 is 7.67 Å². The van der Waals surface area contributed by atoms with Gasteiger partial charge in [0, 0.05) is 12.3 Å². The number of hydrogen-bond acceptors (Lipinski definition) is 10. The van der Waals surface area contributed by atoms with Gasteiger partial charge in [-0.2, -0.15) is 0 Å². The van der Waals surface area contributed by atoms with Crippen LogP contribution in [0, 0.1) is 0 Å². The van der Waals surface area contributed by atoms with Gasteiger partial charge >= 0.3 is 25.3 Å². The van der Waals surface area contributed by atoms with Crippen molar-refractivity contribution >= 4 is 19.6 Å². The van der Waals surface area contributed by atoms with Crippen LogP contribution in [-0.4, -0.2) is 75.3 Å². The van der Waals surface area contributed by atoms with Crippen LogP contribution in [0.2, 0.25) is 0 Å². The van der Waals surface area contributed by atoms with Crippen molar-refractivity contribution in [1.29, 1.82) is 0 Å². The maximum atomic E-state index is 15.7. The number of H-pyrrole nitrogens is 1. The highest BCUT2D eigenvalue weighted by atomic mass is 31.2. The third kappa shape index (κ3) is 8.04. The van der Waals surface area contributed by atoms with Gasteiger partial charge < -0.3 is 23.8 Å². The van der Waals surface area contributed by atoms with Crippen molar-refractivity contribution in [3.8, 4) is 0 Å². The van der Waals surface area contributed by atoms with Crippen molar-refractivity contribution in [2.24, 2.45) is 0 Å². The first-order valence-corrected chi connectivity index (χ1v) is 13.4. The summed E-state index contributed by atoms with van der Waals surface area (Å²) in [4.78, 5) is 50.3. The lowest BCUT2D eigenvalue weighted by Gasteiger charge is -2.28. The van der Waals surface area contributed by atoms with E-state index in [9.17, 15) is 28.8 Å². The molecular formula is C22H36FN4O10P. The van der Waals surface area contributed by atoms with Crippen LogP contribution < -0.4 is 21.4 Å². The Kier molecular flexibility index (Phi) is 9.50. The Morgan fingerprint density at radius 1 is 1.18 bits per heavy atom. The molecule has 1 fully saturated rings. The molecule has 2 heterocycles. The average Bonchev–Trinajstić information content (AvgIpc) is 3.01. The minimum absolute atomic E-state index is 0.547. The van der Waals surface area contributed by atoms with Crippen molar-refractivity contribution in [1.82, 2.24) is 19.7 Å². The summed E-state index contributed by atoms with van der Waals surface area (Å²) in [6.45, 7) is 6.32. The van der Waals surface area contributed by atoms with Gasteiger partial charge in [0.15, 0.2) is 11.9 Å². The van der Waals surface area contributed by atoms with E-state index < -0.39 is 85.8 Å². The minimum Gasteiger partial charge on any atom is -0.462 e. The number of aliphatic hydroxyl groups is 1. The molecule has 216 valence electrons. The van der Waals surface area contributed by atoms with Gasteiger partial charge in [-0.3, -0.25) is 28.5 Å². The van der Waals surface area contributed by atoms with Gasteiger partial charge in [0.1, 0.15) is 24.3 Å². The molecule has 4 N–H and O–H groups in total. The molecule has 1 saturated heterocycles. The number of alkyl halides is 1. The first-order chi connectivity index (χ1) is 18.2. The molecule has 0 spiro atoms. The van der Waals surface area contributed by atoms with Gasteiger partial charge in [0.25, 0.3) is 5.56 Å². The van der Waals surface area contributed by atoms with Crippen molar-refractivity contribution in [3.05, 3.63) is 33.1 Å². The number of rotatable bonds is 12. The minimum atomic E-state index is -4.78. The fourth-order valence-electron chi connectivity index (χ4n) is 3.33. The number of halogens is 1. The quantitative estimate of drug-likeness (QED) is 0.202. The average molecular weight is 569 g/mol. The monoisotopic (exact) mass is 568 g/mol. The van der Waals surface area contributed by atoms with Crippen LogP contribution in [-0.2, 0) is 32.9 Å². The van der Waals surface area contributed by atoms with E-state index in [1.807, 2.05) is 4.98 Å². The molecule has 0 saturated carbocycles. The first kappa shape index (κ1) is 28.6. The van der Waals surface area contributed by atoms with E-state index in [4.69, 9.17) is 21.5 Å². The number of aliphatic hydroxyl groups excluding tert-OH is 1. The van der Waals surface area contributed by atoms with Crippen molar-refractivity contribution in [2.45, 2.75) is 96.9 Å². The SMILES string of the molecule is [2H]C([2H])(OP(=O)(N[C@@H](C)C(=O)OC(C)C)N[C@@H](C)C(=O)OC(C)C)[C@H]1O[C@@H](n2ccc(=O)[nH]c2=O)[C@](C)(F)[C@@H]1O. The molecule has 6 atom stereocenters. The lowest BCUT2D eigenvalue weighted by atomic mass is 9.98. The largest absolute Gasteiger partial charge is 0.462 e. The summed E-state index contributed by atoms with van der Waals surface area (Å²) in [7, 11) is -4.78. The third-order valence-electron chi connectivity index (χ3n) is 5.16. The molecule has 38 heavy (non-hydrogen) atoms. The standard InChI is InChI=1S/C22H36FN4O10P/c1-11(2)35-18(30)13(5)25-38(33,26-14(6)19(31)36-12(3)4)34-10-15-17(29)22(7,23)20(37-15)27-9-8-16(28)24-21(27)32/h8-9,11-15,17,20,29H,10H2,1-7H3,(H,24,28,32)(H2,25,26,33)/t13-,14-,15+,17+,20+,22+/m0/s1/i10D2. The maximum absolute atomic E-state index is 15.7. The van der Waals surface area contributed by atoms with Crippen LogP contribution in [0.4, 0.5) is 4.39 Å². The molecule has 0 bridgehead atoms. The Morgan fingerprint density at radius 2 is 1.68 bits per heavy atom. The van der Waals surface area contributed by atoms with Crippen molar-refractivity contribution in [3.63, 3.8) is 0 Å². The number of ether oxygens (including phenoxy) is 3. The van der Waals surface area contributed by atoms with E-state index in [-0.39, 0.29) is 0 Å². The molecule has 0 radical (unpaired) electrons. The topological polar surface area (TPSA) is 187 Å². The summed E-state index contributed by atoms with van der Waals surface area (Å²) >= 11 is 0. The predicted molar refractivity (Wildman–Crippen MR) is 132 cm³/mol. The van der Waals surface area contributed by atoms with E-state index in [1.54, 1.807) is 27.7 Å². The first-order valence-electron chi connectivity index (χ1n) is 12.8. The molecule has 1 aliphatic rings. The summed E-state index contributed by atoms with van der Waals surface area (Å²) in [5.41, 5.74) is -4.69. The molecule has 1 aliphatic heterocycles. The van der Waals surface area contributed by atoms with Gasteiger partial charge in [0.05, 0.1) is 21.5 Å². The second-order valence-corrected chi connectivity index (χ2v) is 11.3. The van der Waals surface area contributed by atoms with Gasteiger partial charge in [-0.05, 0) is 48.5 Å². The van der Waals surface area contributed by atoms with Crippen LogP contribution in [0.15, 0.2) is 21.9 Å². The van der Waals surface area contributed by atoms with Gasteiger partial charge in [0.2, 0.25) is 0 Å². The highest BCUT2D eigenvalue weighted by molar-refractivity contribution is 7.54. The molecule has 0 aliphatic carbocycles. The van der Waals surface area contributed by atoms with E-state index in [1.165, 1.54) is 13.8 Å². The van der Waals surface area contributed by atoms with E-state index in [0.717, 1.165) is 19.2 Å². The van der Waals surface area contributed by atoms with E-state index >= 15 is 4.39 Å². The normalized spacial score (nSPS) is 26.6. The van der Waals surface area contributed by atoms with E-state index in [2.05, 4.69) is 10.2 Å². The van der Waals surface area contributed by atoms with Gasteiger partial charge in [-0.25, -0.2) is 19.4 Å². The number of esters is 2. The summed E-state index contributed by atoms with van der Waals surface area (Å²) in [5, 5.41) is 15.2. The zero-order chi connectivity index (χ0) is 30.8. The Labute approximate surface area is 221 Å². The maximum Gasteiger partial charge on any atom is 0.342 e. The highest BCUT2D eigenvalue weighted by Gasteiger charge is 2.55. The summed E-state index contributed by atoms with van der Waals surface area (Å²) in [6, 6.07) is -1.83. The molecule has 1 aromatic heterocycles. The summed E-state index contributed by atoms with van der Waals surface area (Å²) < 4.78 is 67.7. The Bertz CT molecular complexity index is 1210. The van der Waals surface area contributed by atoms with E-state index in [0.29, 0.717) is 4.57 Å². The molecule has 0 unspecified atom stereocenters. The molecule has 0 amide bonds. The number of hydrogen-bond donors (Lipinski definition) is 4. The van der Waals surface area contributed by atoms with Crippen LogP contribution in [0.25, 0.3) is 0 Å². The van der Waals surface area contributed by atoms with Crippen LogP contribution in [0.5, 0.6) is 0 Å². The lowest BCUT2D eigenvalue weighted by molar-refractivity contribution is -0.149. The molecule has 16 heteroatoms. The predicted octanol–water partition coefficient (Wildman–Crippen LogP) is 0.507. The van der Waals surface area contributed by atoms with Gasteiger partial charge in [-0.1, -0.05) is 0 Å². The Balaban J connectivity index is 2.42. The second-order valence-electron chi connectivity index (χ2n) is 9.46. The molecule has 1 aromatic rings. The Morgan fingerprint density at radius 3 is 2.13 bits per heavy atom. The number of nitrogens with zero attached hydrogens (tertiary/aromatic N) is 1. The van der Waals surface area contributed by atoms with Crippen molar-refractivity contribution < 1.29 is 45.1 Å². The number of nitrogens with one attached hydrogen (secondary N) is 3. The number of aromatic amines is 1. The molecular weight excluding hydrogens is 530 g/mol. The Hall–Kier alpha value is -2.42. The fraction of sp³-hybridized carbons (Fsp3) is 0.727. The fourth-order valence-corrected chi connectivity index (χ4v) is 4.99. The smallest absolute Gasteiger partial charge is 0.342 e. The molecule has 2 rings (SSSR count). The number of carbonyl (C=O) groups is 2. The number of aromatic nitrogens is 2. The lowest BCUT2D eigenvalue weighted by Crippen LogP contribution is -2.45. The third-order valence-corrected chi connectivity index (χ3v) is 6.98.